The molecule has 3 N–H and O–H groups in total. The monoisotopic (exact) mass is 275 g/mol. The van der Waals surface area contributed by atoms with Crippen molar-refractivity contribution in [3.05, 3.63) is 28.8 Å². The minimum Gasteiger partial charge on any atom is -0.508 e. The van der Waals surface area contributed by atoms with E-state index in [9.17, 15) is 5.11 Å². The van der Waals surface area contributed by atoms with Crippen LogP contribution in [0.2, 0.25) is 0 Å². The Morgan fingerprint density at radius 1 is 1.15 bits per heavy atom. The number of nitrogens with one attached hydrogen (secondary N) is 2. The van der Waals surface area contributed by atoms with E-state index in [1.165, 1.54) is 24.0 Å². The van der Waals surface area contributed by atoms with Crippen LogP contribution in [-0.4, -0.2) is 24.2 Å². The summed E-state index contributed by atoms with van der Waals surface area (Å²) in [6, 6.07) is 3.88. The van der Waals surface area contributed by atoms with E-state index in [2.05, 4.69) is 35.5 Å². The number of nitrogens with zero attached hydrogens (tertiary/aromatic N) is 1. The molecule has 0 fully saturated rings. The van der Waals surface area contributed by atoms with Crippen LogP contribution in [0.25, 0.3) is 0 Å². The van der Waals surface area contributed by atoms with Crippen LogP contribution in [0.1, 0.15) is 43.4 Å². The summed E-state index contributed by atoms with van der Waals surface area (Å²) in [4.78, 5) is 4.58. The molecule has 0 saturated carbocycles. The molecule has 0 amide bonds. The third kappa shape index (κ3) is 3.44. The lowest BCUT2D eigenvalue weighted by molar-refractivity contribution is 0.465. The van der Waals surface area contributed by atoms with Crippen molar-refractivity contribution < 1.29 is 5.11 Å². The van der Waals surface area contributed by atoms with Crippen LogP contribution in [0.4, 0.5) is 0 Å². The van der Waals surface area contributed by atoms with Crippen molar-refractivity contribution in [2.24, 2.45) is 4.99 Å². The Balaban J connectivity index is 2.21. The molecule has 20 heavy (non-hydrogen) atoms. The number of benzene rings is 1. The molecule has 1 aliphatic carbocycles. The van der Waals surface area contributed by atoms with Gasteiger partial charge in [0.05, 0.1) is 6.54 Å². The number of aromatic hydroxyl groups is 1. The molecule has 0 aromatic heterocycles. The third-order valence-electron chi connectivity index (χ3n) is 3.71. The maximum absolute atomic E-state index is 10.1. The number of hydrogen-bond donors (Lipinski definition) is 3. The number of phenols is 1. The molecule has 110 valence electrons. The van der Waals surface area contributed by atoms with Crippen molar-refractivity contribution in [2.75, 3.05) is 13.1 Å². The predicted octanol–water partition coefficient (Wildman–Crippen LogP) is 2.35. The zero-order valence-corrected chi connectivity index (χ0v) is 12.5. The number of hydrogen-bond acceptors (Lipinski definition) is 2. The van der Waals surface area contributed by atoms with E-state index in [0.29, 0.717) is 12.3 Å². The molecule has 4 nitrogen and oxygen atoms in total. The van der Waals surface area contributed by atoms with Gasteiger partial charge >= 0.3 is 0 Å². The smallest absolute Gasteiger partial charge is 0.191 e. The zero-order chi connectivity index (χ0) is 14.4. The van der Waals surface area contributed by atoms with Gasteiger partial charge in [-0.1, -0.05) is 6.07 Å². The Labute approximate surface area is 121 Å². The van der Waals surface area contributed by atoms with E-state index in [1.54, 1.807) is 0 Å². The molecular formula is C16H25N3O. The van der Waals surface area contributed by atoms with Gasteiger partial charge in [-0.15, -0.1) is 0 Å². The van der Waals surface area contributed by atoms with Gasteiger partial charge in [0.2, 0.25) is 0 Å². The van der Waals surface area contributed by atoms with E-state index in [4.69, 9.17) is 0 Å². The summed E-state index contributed by atoms with van der Waals surface area (Å²) < 4.78 is 0. The molecule has 1 aliphatic rings. The number of fused-ring (bicyclic) bond motifs is 1. The molecule has 0 aliphatic heterocycles. The number of aliphatic imine (C=N–C) groups is 1. The average Bonchev–Trinajstić information content (AvgIpc) is 2.46. The van der Waals surface area contributed by atoms with Gasteiger partial charge in [0.25, 0.3) is 0 Å². The third-order valence-corrected chi connectivity index (χ3v) is 3.71. The fourth-order valence-electron chi connectivity index (χ4n) is 2.74. The Morgan fingerprint density at radius 2 is 1.85 bits per heavy atom. The normalized spacial score (nSPS) is 13.5. The van der Waals surface area contributed by atoms with Crippen molar-refractivity contribution in [1.82, 2.24) is 10.6 Å². The van der Waals surface area contributed by atoms with Gasteiger partial charge in [0, 0.05) is 18.7 Å². The molecular weight excluding hydrogens is 250 g/mol. The summed E-state index contributed by atoms with van der Waals surface area (Å²) >= 11 is 0. The SMILES string of the molecule is CCNC(=NCc1c(O)ccc2c1CCCC2)NCC. The number of rotatable bonds is 4. The van der Waals surface area contributed by atoms with E-state index >= 15 is 0 Å². The molecule has 0 heterocycles. The standard InChI is InChI=1S/C16H25N3O/c1-3-17-16(18-4-2)19-11-14-13-8-6-5-7-12(13)9-10-15(14)20/h9-10,20H,3-8,11H2,1-2H3,(H2,17,18,19). The van der Waals surface area contributed by atoms with Gasteiger partial charge in [0.15, 0.2) is 5.96 Å². The minimum absolute atomic E-state index is 0.377. The van der Waals surface area contributed by atoms with Crippen LogP contribution in [-0.2, 0) is 19.4 Å². The first kappa shape index (κ1) is 14.7. The lowest BCUT2D eigenvalue weighted by Gasteiger charge is -2.20. The first-order valence-electron chi connectivity index (χ1n) is 7.61. The van der Waals surface area contributed by atoms with Gasteiger partial charge in [-0.25, -0.2) is 4.99 Å². The molecule has 0 unspecified atom stereocenters. The highest BCUT2D eigenvalue weighted by Crippen LogP contribution is 2.30. The number of guanidine groups is 1. The largest absolute Gasteiger partial charge is 0.508 e. The summed E-state index contributed by atoms with van der Waals surface area (Å²) in [6.07, 6.45) is 4.65. The summed E-state index contributed by atoms with van der Waals surface area (Å²) in [5.41, 5.74) is 3.69. The molecule has 0 spiro atoms. The number of phenolic OH excluding ortho intramolecular Hbond substituents is 1. The van der Waals surface area contributed by atoms with Gasteiger partial charge in [-0.3, -0.25) is 0 Å². The van der Waals surface area contributed by atoms with Crippen molar-refractivity contribution in [3.8, 4) is 5.75 Å². The van der Waals surface area contributed by atoms with E-state index in [0.717, 1.165) is 37.5 Å². The fraction of sp³-hybridized carbons (Fsp3) is 0.562. The maximum atomic E-state index is 10.1. The van der Waals surface area contributed by atoms with Crippen molar-refractivity contribution in [1.29, 1.82) is 0 Å². The molecule has 4 heteroatoms. The molecule has 1 aromatic carbocycles. The first-order chi connectivity index (χ1) is 9.76. The summed E-state index contributed by atoms with van der Waals surface area (Å²) in [5, 5.41) is 16.6. The summed E-state index contributed by atoms with van der Waals surface area (Å²) in [6.45, 7) is 6.31. The van der Waals surface area contributed by atoms with Gasteiger partial charge < -0.3 is 15.7 Å². The lowest BCUT2D eigenvalue weighted by atomic mass is 9.88. The van der Waals surface area contributed by atoms with Crippen LogP contribution in [0.3, 0.4) is 0 Å². The Morgan fingerprint density at radius 3 is 2.55 bits per heavy atom. The fourth-order valence-corrected chi connectivity index (χ4v) is 2.74. The summed E-state index contributed by atoms with van der Waals surface area (Å²) in [5.74, 6) is 1.18. The van der Waals surface area contributed by atoms with Crippen LogP contribution >= 0.6 is 0 Å². The highest BCUT2D eigenvalue weighted by Gasteiger charge is 2.16. The molecule has 1 aromatic rings. The van der Waals surface area contributed by atoms with E-state index in [1.807, 2.05) is 6.07 Å². The summed E-state index contributed by atoms with van der Waals surface area (Å²) in [7, 11) is 0. The quantitative estimate of drug-likeness (QED) is 0.584. The maximum Gasteiger partial charge on any atom is 0.191 e. The minimum atomic E-state index is 0.377. The lowest BCUT2D eigenvalue weighted by Crippen LogP contribution is -2.37. The second-order valence-electron chi connectivity index (χ2n) is 5.13. The molecule has 0 bridgehead atoms. The van der Waals surface area contributed by atoms with Crippen molar-refractivity contribution in [2.45, 2.75) is 46.1 Å². The molecule has 2 rings (SSSR count). The predicted molar refractivity (Wildman–Crippen MR) is 83.2 cm³/mol. The van der Waals surface area contributed by atoms with Crippen LogP contribution in [0.5, 0.6) is 5.75 Å². The van der Waals surface area contributed by atoms with Crippen molar-refractivity contribution >= 4 is 5.96 Å². The van der Waals surface area contributed by atoms with E-state index in [-0.39, 0.29) is 0 Å². The zero-order valence-electron chi connectivity index (χ0n) is 12.5. The van der Waals surface area contributed by atoms with Crippen LogP contribution in [0.15, 0.2) is 17.1 Å². The number of aryl methyl sites for hydroxylation is 1. The highest BCUT2D eigenvalue weighted by atomic mass is 16.3. The van der Waals surface area contributed by atoms with Gasteiger partial charge in [-0.2, -0.15) is 0 Å². The molecule has 0 saturated heterocycles. The molecule has 0 atom stereocenters. The first-order valence-corrected chi connectivity index (χ1v) is 7.61. The van der Waals surface area contributed by atoms with Crippen LogP contribution < -0.4 is 10.6 Å². The van der Waals surface area contributed by atoms with E-state index < -0.39 is 0 Å². The Bertz CT molecular complexity index is 475. The average molecular weight is 275 g/mol. The Hall–Kier alpha value is -1.71. The van der Waals surface area contributed by atoms with Gasteiger partial charge in [-0.05, 0) is 56.7 Å². The van der Waals surface area contributed by atoms with Crippen LogP contribution in [0, 0.1) is 0 Å². The van der Waals surface area contributed by atoms with Crippen molar-refractivity contribution in [3.63, 3.8) is 0 Å². The molecule has 0 radical (unpaired) electrons. The second-order valence-corrected chi connectivity index (χ2v) is 5.13. The highest BCUT2D eigenvalue weighted by molar-refractivity contribution is 5.79. The topological polar surface area (TPSA) is 56.7 Å². The van der Waals surface area contributed by atoms with Gasteiger partial charge in [0.1, 0.15) is 5.75 Å². The second kappa shape index (κ2) is 7.17. The Kier molecular flexibility index (Phi) is 5.27.